The van der Waals surface area contributed by atoms with E-state index in [9.17, 15) is 9.90 Å². The molecule has 2 bridgehead atoms. The Morgan fingerprint density at radius 3 is 2.59 bits per heavy atom. The summed E-state index contributed by atoms with van der Waals surface area (Å²) in [5.41, 5.74) is 0.385. The quantitative estimate of drug-likeness (QED) is 0.492. The van der Waals surface area contributed by atoms with Gasteiger partial charge in [-0.3, -0.25) is 18.8 Å². The Kier molecular flexibility index (Phi) is 5.05. The maximum atomic E-state index is 12.6. The van der Waals surface area contributed by atoms with Crippen LogP contribution in [0.1, 0.15) is 17.5 Å². The molecule has 0 saturated carbocycles. The lowest BCUT2D eigenvalue weighted by atomic mass is 9.51. The van der Waals surface area contributed by atoms with Gasteiger partial charge < -0.3 is 20.1 Å². The lowest BCUT2D eigenvalue weighted by molar-refractivity contribution is -0.151. The van der Waals surface area contributed by atoms with Crippen LogP contribution in [0.5, 0.6) is 11.5 Å². The minimum atomic E-state index is -4.67. The molecule has 1 spiro atoms. The van der Waals surface area contributed by atoms with Crippen LogP contribution in [-0.4, -0.2) is 77.2 Å². The smallest absolute Gasteiger partial charge is 0.394 e. The molecule has 2 aliphatic carbocycles. The molecule has 1 unspecified atom stereocenters. The average molecular weight is 429 g/mol. The molecule has 2 heterocycles. The summed E-state index contributed by atoms with van der Waals surface area (Å²) in [5, 5.41) is 11.7. The van der Waals surface area contributed by atoms with Crippen molar-refractivity contribution in [2.45, 2.75) is 36.0 Å². The number of piperidine rings is 1. The molecule has 1 fully saturated rings. The molecule has 0 amide bonds. The van der Waals surface area contributed by atoms with Crippen molar-refractivity contribution in [1.29, 1.82) is 0 Å². The first kappa shape index (κ1) is 21.7. The number of likely N-dealkylation sites (N-methyl/N-ethyl adjacent to an activating group) is 1. The van der Waals surface area contributed by atoms with E-state index in [1.807, 2.05) is 13.1 Å². The maximum absolute atomic E-state index is 12.6. The van der Waals surface area contributed by atoms with Gasteiger partial charge in [-0.2, -0.15) is 8.42 Å². The van der Waals surface area contributed by atoms with Crippen molar-refractivity contribution in [3.8, 4) is 11.5 Å². The van der Waals surface area contributed by atoms with Gasteiger partial charge in [-0.05, 0) is 50.2 Å². The molecule has 4 aliphatic rings. The Labute approximate surface area is 167 Å². The topological polar surface area (TPSA) is 165 Å². The summed E-state index contributed by atoms with van der Waals surface area (Å²) >= 11 is 0. The van der Waals surface area contributed by atoms with E-state index < -0.39 is 27.5 Å². The molecule has 0 aromatic heterocycles. The number of benzene rings is 1. The number of ketones is 1. The normalized spacial score (nSPS) is 33.6. The summed E-state index contributed by atoms with van der Waals surface area (Å²) in [6, 6.07) is 3.92. The summed E-state index contributed by atoms with van der Waals surface area (Å²) in [5.74, 6) is 1.22. The van der Waals surface area contributed by atoms with Crippen molar-refractivity contribution < 1.29 is 42.4 Å². The van der Waals surface area contributed by atoms with Crippen LogP contribution in [0, 0.1) is 0 Å². The average Bonchev–Trinajstić information content (AvgIpc) is 2.95. The number of aliphatic hydroxyl groups is 1. The molecule has 10 nitrogen and oxygen atoms in total. The number of carbonyl (C=O) groups excluding carboxylic acids is 1. The number of nitrogens with zero attached hydrogens (tertiary/aromatic N) is 1. The van der Waals surface area contributed by atoms with Crippen molar-refractivity contribution >= 4 is 16.2 Å². The molecular formula is C18H23NO9S. The maximum Gasteiger partial charge on any atom is 0.394 e. The molecule has 1 aromatic rings. The van der Waals surface area contributed by atoms with Crippen molar-refractivity contribution in [2.24, 2.45) is 0 Å². The molecule has 1 saturated heterocycles. The van der Waals surface area contributed by atoms with Crippen LogP contribution in [0.3, 0.4) is 0 Å². The molecule has 5 N–H and O–H groups in total. The summed E-state index contributed by atoms with van der Waals surface area (Å²) in [6.45, 7) is 0.837. The van der Waals surface area contributed by atoms with E-state index in [2.05, 4.69) is 11.0 Å². The van der Waals surface area contributed by atoms with Crippen molar-refractivity contribution in [3.63, 3.8) is 0 Å². The third-order valence-electron chi connectivity index (χ3n) is 6.34. The number of hydrogen-bond acceptors (Lipinski definition) is 7. The standard InChI is InChI=1S/C18H19NO4.H2O4S.H2O/c1-19-8-7-17-14-10-3-4-12(22-2)15(14)23-16(17)11(20)5-6-18(17,21)13(19)9-10;1-5(2,3)4;/h3-6,13,16,21H,7-9H2,1-2H3;(H2,1,2,3,4);1H2/t13-,16?,17+,18-;;/m1../s1. The van der Waals surface area contributed by atoms with Crippen molar-refractivity contribution in [3.05, 3.63) is 35.4 Å². The van der Waals surface area contributed by atoms with E-state index in [0.29, 0.717) is 17.9 Å². The first-order valence-electron chi connectivity index (χ1n) is 8.75. The van der Waals surface area contributed by atoms with Crippen LogP contribution in [-0.2, 0) is 27.0 Å². The second kappa shape index (κ2) is 6.76. The summed E-state index contributed by atoms with van der Waals surface area (Å²) in [7, 11) is -1.02. The molecule has 1 aromatic carbocycles. The first-order valence-corrected chi connectivity index (χ1v) is 10.1. The number of rotatable bonds is 1. The fourth-order valence-electron chi connectivity index (χ4n) is 5.28. The molecular weight excluding hydrogens is 406 g/mol. The second-order valence-corrected chi connectivity index (χ2v) is 8.46. The van der Waals surface area contributed by atoms with Crippen LogP contribution >= 0.6 is 0 Å². The Hall–Kier alpha value is -2.02. The van der Waals surface area contributed by atoms with Crippen molar-refractivity contribution in [1.82, 2.24) is 4.90 Å². The molecule has 160 valence electrons. The fraction of sp³-hybridized carbons (Fsp3) is 0.500. The van der Waals surface area contributed by atoms with E-state index in [-0.39, 0.29) is 17.3 Å². The Bertz CT molecular complexity index is 983. The van der Waals surface area contributed by atoms with Gasteiger partial charge in [0.2, 0.25) is 0 Å². The zero-order valence-corrected chi connectivity index (χ0v) is 16.6. The Balaban J connectivity index is 0.000000362. The minimum Gasteiger partial charge on any atom is -0.493 e. The van der Waals surface area contributed by atoms with Crippen LogP contribution in [0.2, 0.25) is 0 Å². The third-order valence-corrected chi connectivity index (χ3v) is 6.34. The summed E-state index contributed by atoms with van der Waals surface area (Å²) in [6.07, 6.45) is 4.00. The minimum absolute atomic E-state index is 0. The molecule has 2 aliphatic heterocycles. The van der Waals surface area contributed by atoms with E-state index in [1.54, 1.807) is 13.2 Å². The molecule has 29 heavy (non-hydrogen) atoms. The van der Waals surface area contributed by atoms with Gasteiger partial charge in [-0.1, -0.05) is 6.07 Å². The van der Waals surface area contributed by atoms with Gasteiger partial charge in [-0.25, -0.2) is 0 Å². The molecule has 4 atom stereocenters. The Morgan fingerprint density at radius 2 is 1.97 bits per heavy atom. The van der Waals surface area contributed by atoms with Gasteiger partial charge in [0, 0.05) is 11.6 Å². The van der Waals surface area contributed by atoms with E-state index in [1.165, 1.54) is 6.08 Å². The predicted octanol–water partition coefficient (Wildman–Crippen LogP) is -0.653. The van der Waals surface area contributed by atoms with Crippen molar-refractivity contribution in [2.75, 3.05) is 20.7 Å². The van der Waals surface area contributed by atoms with Crippen LogP contribution in [0.4, 0.5) is 0 Å². The van der Waals surface area contributed by atoms with Gasteiger partial charge in [0.05, 0.1) is 12.5 Å². The lowest BCUT2D eigenvalue weighted by Gasteiger charge is -2.60. The fourth-order valence-corrected chi connectivity index (χ4v) is 5.28. The second-order valence-electron chi connectivity index (χ2n) is 7.56. The van der Waals surface area contributed by atoms with E-state index in [4.69, 9.17) is 27.0 Å². The van der Waals surface area contributed by atoms with E-state index in [0.717, 1.165) is 24.1 Å². The van der Waals surface area contributed by atoms with Gasteiger partial charge in [0.25, 0.3) is 0 Å². The van der Waals surface area contributed by atoms with Crippen LogP contribution < -0.4 is 9.47 Å². The van der Waals surface area contributed by atoms with E-state index >= 15 is 0 Å². The summed E-state index contributed by atoms with van der Waals surface area (Å²) < 4.78 is 43.1. The predicted molar refractivity (Wildman–Crippen MR) is 101 cm³/mol. The molecule has 5 rings (SSSR count). The van der Waals surface area contributed by atoms with Gasteiger partial charge in [-0.15, -0.1) is 0 Å². The number of likely N-dealkylation sites (tertiary alicyclic amines) is 1. The third kappa shape index (κ3) is 2.88. The monoisotopic (exact) mass is 429 g/mol. The highest BCUT2D eigenvalue weighted by atomic mass is 32.3. The van der Waals surface area contributed by atoms with Gasteiger partial charge in [0.1, 0.15) is 5.60 Å². The summed E-state index contributed by atoms with van der Waals surface area (Å²) in [4.78, 5) is 14.8. The highest BCUT2D eigenvalue weighted by Gasteiger charge is 2.71. The number of methoxy groups -OCH3 is 1. The Morgan fingerprint density at radius 1 is 1.31 bits per heavy atom. The molecule has 0 radical (unpaired) electrons. The SMILES string of the molecule is COc1ccc2c3c1OC1C(=O)C=C[C@@]4(O)[C@@H](C2)N(C)CC[C@]314.O.O=S(=O)(O)O. The first-order chi connectivity index (χ1) is 13.0. The highest BCUT2D eigenvalue weighted by molar-refractivity contribution is 7.79. The zero-order valence-electron chi connectivity index (χ0n) is 15.8. The number of hydrogen-bond donors (Lipinski definition) is 3. The van der Waals surface area contributed by atoms with Crippen LogP contribution in [0.15, 0.2) is 24.3 Å². The largest absolute Gasteiger partial charge is 0.493 e. The van der Waals surface area contributed by atoms with Crippen LogP contribution in [0.25, 0.3) is 0 Å². The number of carbonyl (C=O) groups is 1. The molecule has 11 heteroatoms. The lowest BCUT2D eigenvalue weighted by Crippen LogP contribution is -2.74. The van der Waals surface area contributed by atoms with Gasteiger partial charge >= 0.3 is 10.4 Å². The zero-order chi connectivity index (χ0) is 20.5. The van der Waals surface area contributed by atoms with Gasteiger partial charge in [0.15, 0.2) is 23.4 Å². The highest BCUT2D eigenvalue weighted by Crippen LogP contribution is 2.63. The number of ether oxygens (including phenoxy) is 2.